The average Bonchev–Trinajstić information content (AvgIpc) is 3.32. The van der Waals surface area contributed by atoms with E-state index >= 15 is 0 Å². The monoisotopic (exact) mass is 473 g/mol. The van der Waals surface area contributed by atoms with Crippen LogP contribution >= 0.6 is 0 Å². The summed E-state index contributed by atoms with van der Waals surface area (Å²) in [5.74, 6) is 0.882. The molecule has 34 heavy (non-hydrogen) atoms. The number of hydrogen-bond acceptors (Lipinski definition) is 5. The first-order chi connectivity index (χ1) is 16.4. The first-order valence-electron chi connectivity index (χ1n) is 11.7. The highest BCUT2D eigenvalue weighted by Gasteiger charge is 2.52. The van der Waals surface area contributed by atoms with E-state index in [2.05, 4.69) is 47.5 Å². The summed E-state index contributed by atoms with van der Waals surface area (Å²) in [6.07, 6.45) is 3.22. The maximum Gasteiger partial charge on any atom is 0.211 e. The molecule has 0 unspecified atom stereocenters. The summed E-state index contributed by atoms with van der Waals surface area (Å²) in [5.41, 5.74) is 5.02. The molecule has 3 aromatic rings. The smallest absolute Gasteiger partial charge is 0.211 e. The summed E-state index contributed by atoms with van der Waals surface area (Å²) in [6.45, 7) is 0.863. The van der Waals surface area contributed by atoms with E-state index in [-0.39, 0.29) is 6.04 Å². The number of rotatable bonds is 3. The van der Waals surface area contributed by atoms with E-state index in [1.54, 1.807) is 4.31 Å². The molecule has 3 aromatic carbocycles. The van der Waals surface area contributed by atoms with Crippen LogP contribution in [0.25, 0.3) is 11.1 Å². The Morgan fingerprint density at radius 2 is 1.47 bits per heavy atom. The van der Waals surface area contributed by atoms with Crippen molar-refractivity contribution in [2.75, 3.05) is 19.3 Å². The molecule has 6 nitrogen and oxygen atoms in total. The molecule has 1 saturated heterocycles. The minimum absolute atomic E-state index is 0.0820. The lowest BCUT2D eigenvalue weighted by atomic mass is 9.91. The highest BCUT2D eigenvalue weighted by Crippen LogP contribution is 2.50. The zero-order valence-corrected chi connectivity index (χ0v) is 19.9. The highest BCUT2D eigenvalue weighted by atomic mass is 32.2. The van der Waals surface area contributed by atoms with Crippen molar-refractivity contribution < 1.29 is 13.2 Å². The maximum atomic E-state index is 12.1. The molecule has 1 fully saturated rings. The van der Waals surface area contributed by atoms with Gasteiger partial charge in [-0.05, 0) is 22.8 Å². The molecule has 1 spiro atoms. The molecule has 0 aromatic heterocycles. The predicted octanol–water partition coefficient (Wildman–Crippen LogP) is 4.65. The Hall–Kier alpha value is -3.16. The SMILES string of the molecule is CS(=O)(=O)N1CCC2(CC1)Oc1ccccc1[C@H]1CC(c3ccc(-c4ccccc4)cc3)=NN12. The molecule has 6 rings (SSSR count). The number of piperidine rings is 1. The molecule has 0 N–H and O–H groups in total. The van der Waals surface area contributed by atoms with Gasteiger partial charge >= 0.3 is 0 Å². The number of fused-ring (bicyclic) bond motifs is 4. The third kappa shape index (κ3) is 3.60. The molecular weight excluding hydrogens is 446 g/mol. The van der Waals surface area contributed by atoms with Gasteiger partial charge in [-0.3, -0.25) is 0 Å². The number of ether oxygens (including phenoxy) is 1. The highest BCUT2D eigenvalue weighted by molar-refractivity contribution is 7.88. The summed E-state index contributed by atoms with van der Waals surface area (Å²) < 4.78 is 32.3. The van der Waals surface area contributed by atoms with Crippen molar-refractivity contribution in [1.82, 2.24) is 9.31 Å². The second kappa shape index (κ2) is 7.96. The number of para-hydroxylation sites is 1. The number of nitrogens with zero attached hydrogens (tertiary/aromatic N) is 3. The lowest BCUT2D eigenvalue weighted by Crippen LogP contribution is -2.59. The van der Waals surface area contributed by atoms with Gasteiger partial charge in [0, 0.05) is 37.9 Å². The Labute approximate surface area is 200 Å². The van der Waals surface area contributed by atoms with Crippen LogP contribution in [0.3, 0.4) is 0 Å². The lowest BCUT2D eigenvalue weighted by molar-refractivity contribution is -0.143. The summed E-state index contributed by atoms with van der Waals surface area (Å²) in [5, 5.41) is 7.22. The van der Waals surface area contributed by atoms with Crippen molar-refractivity contribution in [2.24, 2.45) is 5.10 Å². The fraction of sp³-hybridized carbons (Fsp3) is 0.296. The molecule has 0 radical (unpaired) electrons. The van der Waals surface area contributed by atoms with Crippen LogP contribution in [0, 0.1) is 0 Å². The number of hydrogen-bond donors (Lipinski definition) is 0. The fourth-order valence-electron chi connectivity index (χ4n) is 5.39. The summed E-state index contributed by atoms with van der Waals surface area (Å²) >= 11 is 0. The van der Waals surface area contributed by atoms with Crippen molar-refractivity contribution in [1.29, 1.82) is 0 Å². The van der Waals surface area contributed by atoms with Crippen molar-refractivity contribution >= 4 is 15.7 Å². The minimum Gasteiger partial charge on any atom is -0.466 e. The zero-order valence-electron chi connectivity index (χ0n) is 19.1. The van der Waals surface area contributed by atoms with E-state index in [1.165, 1.54) is 17.4 Å². The van der Waals surface area contributed by atoms with Crippen LogP contribution in [0.15, 0.2) is 84.0 Å². The Bertz CT molecular complexity index is 1350. The van der Waals surface area contributed by atoms with Gasteiger partial charge in [0.25, 0.3) is 0 Å². The van der Waals surface area contributed by atoms with Gasteiger partial charge < -0.3 is 4.74 Å². The molecule has 3 aliphatic rings. The molecule has 0 aliphatic carbocycles. The van der Waals surface area contributed by atoms with Crippen LogP contribution < -0.4 is 4.74 Å². The summed E-state index contributed by atoms with van der Waals surface area (Å²) in [6, 6.07) is 27.2. The van der Waals surface area contributed by atoms with Gasteiger partial charge in [0.1, 0.15) is 5.75 Å². The van der Waals surface area contributed by atoms with E-state index in [0.29, 0.717) is 25.9 Å². The van der Waals surface area contributed by atoms with E-state index in [0.717, 1.165) is 29.0 Å². The number of sulfonamides is 1. The van der Waals surface area contributed by atoms with Gasteiger partial charge in [-0.15, -0.1) is 0 Å². The molecule has 7 heteroatoms. The molecule has 0 amide bonds. The third-order valence-electron chi connectivity index (χ3n) is 7.20. The van der Waals surface area contributed by atoms with Crippen molar-refractivity contribution in [2.45, 2.75) is 31.0 Å². The summed E-state index contributed by atoms with van der Waals surface area (Å²) in [4.78, 5) is 0. The van der Waals surface area contributed by atoms with Crippen LogP contribution in [0.2, 0.25) is 0 Å². The van der Waals surface area contributed by atoms with Gasteiger partial charge in [0.15, 0.2) is 0 Å². The molecular formula is C27H27N3O3S. The number of benzene rings is 3. The second-order valence-corrected chi connectivity index (χ2v) is 11.3. The van der Waals surface area contributed by atoms with Crippen LogP contribution in [0.1, 0.15) is 36.4 Å². The quantitative estimate of drug-likeness (QED) is 0.556. The minimum atomic E-state index is -3.22. The van der Waals surface area contributed by atoms with Gasteiger partial charge in [-0.1, -0.05) is 72.8 Å². The van der Waals surface area contributed by atoms with E-state index in [9.17, 15) is 8.42 Å². The van der Waals surface area contributed by atoms with Crippen LogP contribution in [-0.4, -0.2) is 48.5 Å². The Balaban J connectivity index is 1.34. The van der Waals surface area contributed by atoms with Gasteiger partial charge in [-0.2, -0.15) is 5.10 Å². The van der Waals surface area contributed by atoms with Crippen LogP contribution in [0.5, 0.6) is 5.75 Å². The maximum absolute atomic E-state index is 12.1. The Morgan fingerprint density at radius 3 is 2.18 bits per heavy atom. The first kappa shape index (κ1) is 21.4. The topological polar surface area (TPSA) is 62.2 Å². The average molecular weight is 474 g/mol. The molecule has 3 aliphatic heterocycles. The van der Waals surface area contributed by atoms with Crippen LogP contribution in [-0.2, 0) is 10.0 Å². The van der Waals surface area contributed by atoms with Gasteiger partial charge in [0.05, 0.1) is 18.0 Å². The van der Waals surface area contributed by atoms with Gasteiger partial charge in [-0.25, -0.2) is 17.7 Å². The second-order valence-electron chi connectivity index (χ2n) is 9.30. The molecule has 3 heterocycles. The Kier molecular flexibility index (Phi) is 5.00. The third-order valence-corrected chi connectivity index (χ3v) is 8.51. The fourth-order valence-corrected chi connectivity index (χ4v) is 6.23. The van der Waals surface area contributed by atoms with E-state index < -0.39 is 15.7 Å². The molecule has 0 bridgehead atoms. The van der Waals surface area contributed by atoms with E-state index in [1.807, 2.05) is 36.4 Å². The molecule has 0 saturated carbocycles. The molecule has 1 atom stereocenters. The normalized spacial score (nSPS) is 21.5. The zero-order chi connectivity index (χ0) is 23.3. The largest absolute Gasteiger partial charge is 0.466 e. The first-order valence-corrected chi connectivity index (χ1v) is 13.5. The van der Waals surface area contributed by atoms with Crippen LogP contribution in [0.4, 0.5) is 0 Å². The lowest BCUT2D eigenvalue weighted by Gasteiger charge is -2.50. The Morgan fingerprint density at radius 1 is 0.853 bits per heavy atom. The van der Waals surface area contributed by atoms with Crippen molar-refractivity contribution in [3.05, 3.63) is 90.0 Å². The molecule has 174 valence electrons. The van der Waals surface area contributed by atoms with E-state index in [4.69, 9.17) is 9.84 Å². The number of hydrazone groups is 1. The predicted molar refractivity (Wildman–Crippen MR) is 133 cm³/mol. The van der Waals surface area contributed by atoms with Crippen molar-refractivity contribution in [3.63, 3.8) is 0 Å². The van der Waals surface area contributed by atoms with Crippen molar-refractivity contribution in [3.8, 4) is 16.9 Å². The standard InChI is InChI=1S/C27H27N3O3S/c1-34(31,32)29-17-15-27(16-18-29)30-25(23-9-5-6-10-26(23)33-27)19-24(28-30)22-13-11-21(12-14-22)20-7-3-2-4-8-20/h2-14,25H,15-19H2,1H3/t25-/m1/s1. The van der Waals surface area contributed by atoms with Gasteiger partial charge in [0.2, 0.25) is 15.7 Å². The summed E-state index contributed by atoms with van der Waals surface area (Å²) in [7, 11) is -3.22.